The molecule has 1 saturated heterocycles. The lowest BCUT2D eigenvalue weighted by molar-refractivity contribution is -0.127. The summed E-state index contributed by atoms with van der Waals surface area (Å²) in [5.74, 6) is 1.49. The van der Waals surface area contributed by atoms with Gasteiger partial charge >= 0.3 is 0 Å². The summed E-state index contributed by atoms with van der Waals surface area (Å²) in [6.45, 7) is 5.17. The van der Waals surface area contributed by atoms with Crippen molar-refractivity contribution in [2.75, 3.05) is 26.7 Å². The van der Waals surface area contributed by atoms with Crippen LogP contribution in [0.5, 0.6) is 0 Å². The maximum Gasteiger partial charge on any atom is 0.137 e. The van der Waals surface area contributed by atoms with Gasteiger partial charge in [0.25, 0.3) is 0 Å². The molecule has 1 aliphatic heterocycles. The van der Waals surface area contributed by atoms with Gasteiger partial charge in [-0.05, 0) is 51.1 Å². The highest BCUT2D eigenvalue weighted by Crippen LogP contribution is 2.41. The number of nitrogens with zero attached hydrogens (tertiary/aromatic N) is 2. The first-order valence-corrected chi connectivity index (χ1v) is 11.2. The lowest BCUT2D eigenvalue weighted by Crippen LogP contribution is -2.51. The quantitative estimate of drug-likeness (QED) is 0.569. The SMILES string of the molecule is CCCCN(C)C[C@H]1OC(CN[C@H](C=O)Cc2cnc[nH]2)C[C@H]2CCCC[C@@H]21. The van der Waals surface area contributed by atoms with Gasteiger partial charge in [-0.3, -0.25) is 0 Å². The van der Waals surface area contributed by atoms with Crippen molar-refractivity contribution in [3.8, 4) is 0 Å². The van der Waals surface area contributed by atoms with Crippen LogP contribution in [0.1, 0.15) is 57.6 Å². The smallest absolute Gasteiger partial charge is 0.137 e. The molecule has 1 unspecified atom stereocenters. The van der Waals surface area contributed by atoms with E-state index in [-0.39, 0.29) is 12.1 Å². The molecule has 1 aromatic heterocycles. The molecule has 2 fully saturated rings. The number of imidazole rings is 1. The molecule has 2 heterocycles. The highest BCUT2D eigenvalue weighted by molar-refractivity contribution is 5.58. The predicted octanol–water partition coefficient (Wildman–Crippen LogP) is 2.81. The molecule has 1 aliphatic carbocycles. The number of carbonyl (C=O) groups is 1. The van der Waals surface area contributed by atoms with Crippen molar-refractivity contribution in [2.45, 2.75) is 76.5 Å². The molecule has 3 rings (SSSR count). The molecule has 6 heteroatoms. The van der Waals surface area contributed by atoms with Gasteiger partial charge in [0.15, 0.2) is 0 Å². The summed E-state index contributed by atoms with van der Waals surface area (Å²) in [6, 6.07) is -0.196. The van der Waals surface area contributed by atoms with Gasteiger partial charge < -0.3 is 24.7 Å². The van der Waals surface area contributed by atoms with Crippen LogP contribution in [0.2, 0.25) is 0 Å². The summed E-state index contributed by atoms with van der Waals surface area (Å²) in [5, 5.41) is 3.43. The third kappa shape index (κ3) is 6.13. The number of likely N-dealkylation sites (N-methyl/N-ethyl adjacent to an activating group) is 1. The number of hydrogen-bond donors (Lipinski definition) is 2. The second-order valence-corrected chi connectivity index (χ2v) is 8.79. The number of aldehydes is 1. The molecular formula is C22H38N4O2. The van der Waals surface area contributed by atoms with Gasteiger partial charge in [-0.1, -0.05) is 26.2 Å². The minimum absolute atomic E-state index is 0.196. The fourth-order valence-corrected chi connectivity index (χ4v) is 4.98. The molecule has 2 aliphatic rings. The van der Waals surface area contributed by atoms with E-state index in [1.54, 1.807) is 12.5 Å². The summed E-state index contributed by atoms with van der Waals surface area (Å²) in [6.07, 6.45) is 14.6. The van der Waals surface area contributed by atoms with Crippen molar-refractivity contribution in [3.05, 3.63) is 18.2 Å². The van der Waals surface area contributed by atoms with Crippen LogP contribution in [-0.4, -0.2) is 66.1 Å². The van der Waals surface area contributed by atoms with E-state index >= 15 is 0 Å². The Hall–Kier alpha value is -1.24. The van der Waals surface area contributed by atoms with Crippen LogP contribution in [0.15, 0.2) is 12.5 Å². The van der Waals surface area contributed by atoms with Gasteiger partial charge in [-0.15, -0.1) is 0 Å². The van der Waals surface area contributed by atoms with E-state index in [0.29, 0.717) is 18.4 Å². The van der Waals surface area contributed by atoms with E-state index in [1.165, 1.54) is 38.5 Å². The van der Waals surface area contributed by atoms with Crippen molar-refractivity contribution in [1.82, 2.24) is 20.2 Å². The molecule has 0 spiro atoms. The molecule has 0 amide bonds. The normalized spacial score (nSPS) is 28.8. The molecular weight excluding hydrogens is 352 g/mol. The fraction of sp³-hybridized carbons (Fsp3) is 0.818. The van der Waals surface area contributed by atoms with Gasteiger partial charge in [-0.2, -0.15) is 0 Å². The van der Waals surface area contributed by atoms with Crippen LogP contribution in [0, 0.1) is 11.8 Å². The highest BCUT2D eigenvalue weighted by Gasteiger charge is 2.40. The van der Waals surface area contributed by atoms with Gasteiger partial charge in [0, 0.05) is 31.4 Å². The number of fused-ring (bicyclic) bond motifs is 1. The molecule has 158 valence electrons. The van der Waals surface area contributed by atoms with Crippen LogP contribution < -0.4 is 5.32 Å². The molecule has 2 N–H and O–H groups in total. The predicted molar refractivity (Wildman–Crippen MR) is 111 cm³/mol. The van der Waals surface area contributed by atoms with Gasteiger partial charge in [0.1, 0.15) is 6.29 Å². The number of carbonyl (C=O) groups excluding carboxylic acids is 1. The van der Waals surface area contributed by atoms with E-state index in [4.69, 9.17) is 4.74 Å². The summed E-state index contributed by atoms with van der Waals surface area (Å²) >= 11 is 0. The lowest BCUT2D eigenvalue weighted by Gasteiger charge is -2.46. The second kappa shape index (κ2) is 11.1. The summed E-state index contributed by atoms with van der Waals surface area (Å²) in [4.78, 5) is 21.1. The largest absolute Gasteiger partial charge is 0.372 e. The molecule has 0 aromatic carbocycles. The Bertz CT molecular complexity index is 565. The van der Waals surface area contributed by atoms with Crippen LogP contribution in [0.3, 0.4) is 0 Å². The third-order valence-corrected chi connectivity index (χ3v) is 6.53. The monoisotopic (exact) mass is 390 g/mol. The zero-order chi connectivity index (χ0) is 19.8. The summed E-state index contributed by atoms with van der Waals surface area (Å²) in [7, 11) is 2.23. The van der Waals surface area contributed by atoms with Crippen LogP contribution in [0.25, 0.3) is 0 Å². The van der Waals surface area contributed by atoms with Crippen LogP contribution in [0.4, 0.5) is 0 Å². The Labute approximate surface area is 169 Å². The highest BCUT2D eigenvalue weighted by atomic mass is 16.5. The molecule has 28 heavy (non-hydrogen) atoms. The lowest BCUT2D eigenvalue weighted by atomic mass is 9.71. The Kier molecular flexibility index (Phi) is 8.49. The van der Waals surface area contributed by atoms with E-state index in [0.717, 1.165) is 44.0 Å². The fourth-order valence-electron chi connectivity index (χ4n) is 4.98. The molecule has 6 nitrogen and oxygen atoms in total. The molecule has 0 bridgehead atoms. The van der Waals surface area contributed by atoms with Crippen LogP contribution >= 0.6 is 0 Å². The van der Waals surface area contributed by atoms with Crippen LogP contribution in [-0.2, 0) is 16.0 Å². The van der Waals surface area contributed by atoms with Crippen molar-refractivity contribution < 1.29 is 9.53 Å². The number of nitrogens with one attached hydrogen (secondary N) is 2. The zero-order valence-corrected chi connectivity index (χ0v) is 17.6. The number of aromatic amines is 1. The standard InChI is InChI=1S/C22H38N4O2/c1-3-4-9-26(2)14-22-21-8-6-5-7-17(21)10-20(28-22)13-24-19(15-27)11-18-12-23-16-25-18/h12,15-17,19-22,24H,3-11,13-14H2,1-2H3,(H,23,25)/t17-,19+,20?,21+,22-/m1/s1. The second-order valence-electron chi connectivity index (χ2n) is 8.79. The van der Waals surface area contributed by atoms with E-state index in [1.807, 2.05) is 0 Å². The van der Waals surface area contributed by atoms with E-state index in [9.17, 15) is 4.79 Å². The maximum absolute atomic E-state index is 11.5. The summed E-state index contributed by atoms with van der Waals surface area (Å²) in [5.41, 5.74) is 0.983. The number of unbranched alkanes of at least 4 members (excludes halogenated alkanes) is 1. The number of H-pyrrole nitrogens is 1. The first-order chi connectivity index (χ1) is 13.7. The number of aromatic nitrogens is 2. The Balaban J connectivity index is 1.54. The number of hydrogen-bond acceptors (Lipinski definition) is 5. The van der Waals surface area contributed by atoms with Gasteiger partial charge in [-0.25, -0.2) is 4.98 Å². The molecule has 1 aromatic rings. The average molecular weight is 391 g/mol. The topological polar surface area (TPSA) is 70.2 Å². The summed E-state index contributed by atoms with van der Waals surface area (Å²) < 4.78 is 6.60. The third-order valence-electron chi connectivity index (χ3n) is 6.53. The first-order valence-electron chi connectivity index (χ1n) is 11.2. The van der Waals surface area contributed by atoms with Crippen molar-refractivity contribution in [2.24, 2.45) is 11.8 Å². The maximum atomic E-state index is 11.5. The van der Waals surface area contributed by atoms with Crippen molar-refractivity contribution in [3.63, 3.8) is 0 Å². The molecule has 0 radical (unpaired) electrons. The number of ether oxygens (including phenoxy) is 1. The molecule has 5 atom stereocenters. The minimum Gasteiger partial charge on any atom is -0.372 e. The van der Waals surface area contributed by atoms with Crippen molar-refractivity contribution in [1.29, 1.82) is 0 Å². The van der Waals surface area contributed by atoms with Gasteiger partial charge in [0.2, 0.25) is 0 Å². The van der Waals surface area contributed by atoms with E-state index in [2.05, 4.69) is 34.2 Å². The Morgan fingerprint density at radius 2 is 2.29 bits per heavy atom. The Morgan fingerprint density at radius 3 is 3.04 bits per heavy atom. The minimum atomic E-state index is -0.196. The average Bonchev–Trinajstić information content (AvgIpc) is 3.22. The van der Waals surface area contributed by atoms with E-state index < -0.39 is 0 Å². The van der Waals surface area contributed by atoms with Gasteiger partial charge in [0.05, 0.1) is 24.6 Å². The first kappa shape index (κ1) is 21.5. The van der Waals surface area contributed by atoms with Crippen molar-refractivity contribution >= 4 is 6.29 Å². The Morgan fingerprint density at radius 1 is 1.43 bits per heavy atom. The zero-order valence-electron chi connectivity index (χ0n) is 17.6. The molecule has 1 saturated carbocycles. The number of rotatable bonds is 11.